The van der Waals surface area contributed by atoms with E-state index in [9.17, 15) is 0 Å². The summed E-state index contributed by atoms with van der Waals surface area (Å²) in [6.07, 6.45) is 4.43. The largest absolute Gasteiger partial charge is 0.370 e. The lowest BCUT2D eigenvalue weighted by molar-refractivity contribution is 0.960. The van der Waals surface area contributed by atoms with Crippen LogP contribution in [-0.4, -0.2) is 21.5 Å². The molecule has 5 nitrogen and oxygen atoms in total. The van der Waals surface area contributed by atoms with Crippen LogP contribution in [-0.2, 0) is 6.54 Å². The van der Waals surface area contributed by atoms with E-state index in [1.807, 2.05) is 12.1 Å². The summed E-state index contributed by atoms with van der Waals surface area (Å²) in [5.41, 5.74) is 2.21. The highest BCUT2D eigenvalue weighted by Crippen LogP contribution is 2.11. The van der Waals surface area contributed by atoms with Gasteiger partial charge in [-0.3, -0.25) is 4.98 Å². The monoisotopic (exact) mass is 257 g/mol. The fourth-order valence-electron chi connectivity index (χ4n) is 1.68. The molecule has 0 saturated heterocycles. The van der Waals surface area contributed by atoms with Gasteiger partial charge in [-0.05, 0) is 25.0 Å². The predicted molar refractivity (Wildman–Crippen MR) is 77.1 cm³/mol. The zero-order valence-corrected chi connectivity index (χ0v) is 11.3. The number of rotatable bonds is 6. The Hall–Kier alpha value is -2.17. The summed E-state index contributed by atoms with van der Waals surface area (Å²) in [4.78, 5) is 12.7. The van der Waals surface area contributed by atoms with Crippen molar-refractivity contribution in [1.29, 1.82) is 0 Å². The van der Waals surface area contributed by atoms with E-state index in [2.05, 4.69) is 45.5 Å². The van der Waals surface area contributed by atoms with Gasteiger partial charge in [0.1, 0.15) is 18.0 Å². The standard InChI is InChI=1S/C14H19N5/c1-3-6-16-13-8-14(19-10-18-13)17-9-12-11(2)5-4-7-15-12/h4-5,7-8,10H,3,6,9H2,1-2H3,(H2,16,17,18,19). The van der Waals surface area contributed by atoms with Gasteiger partial charge in [-0.15, -0.1) is 0 Å². The number of aryl methyl sites for hydroxylation is 1. The van der Waals surface area contributed by atoms with Crippen molar-refractivity contribution in [2.45, 2.75) is 26.8 Å². The van der Waals surface area contributed by atoms with E-state index in [0.29, 0.717) is 6.54 Å². The van der Waals surface area contributed by atoms with Gasteiger partial charge in [0, 0.05) is 18.8 Å². The molecule has 100 valence electrons. The molecule has 5 heteroatoms. The quantitative estimate of drug-likeness (QED) is 0.833. The highest BCUT2D eigenvalue weighted by molar-refractivity contribution is 5.46. The van der Waals surface area contributed by atoms with E-state index in [4.69, 9.17) is 0 Å². The Balaban J connectivity index is 1.98. The van der Waals surface area contributed by atoms with E-state index < -0.39 is 0 Å². The second kappa shape index (κ2) is 6.68. The van der Waals surface area contributed by atoms with Gasteiger partial charge in [0.2, 0.25) is 0 Å². The van der Waals surface area contributed by atoms with Crippen LogP contribution in [0.2, 0.25) is 0 Å². The molecule has 0 aliphatic carbocycles. The summed E-state index contributed by atoms with van der Waals surface area (Å²) in [7, 11) is 0. The molecule has 0 aliphatic heterocycles. The molecular formula is C14H19N5. The lowest BCUT2D eigenvalue weighted by Gasteiger charge is -2.09. The van der Waals surface area contributed by atoms with E-state index >= 15 is 0 Å². The van der Waals surface area contributed by atoms with E-state index in [-0.39, 0.29) is 0 Å². The number of pyridine rings is 1. The molecule has 0 unspecified atom stereocenters. The van der Waals surface area contributed by atoms with Crippen molar-refractivity contribution in [2.75, 3.05) is 17.2 Å². The molecule has 0 amide bonds. The van der Waals surface area contributed by atoms with Gasteiger partial charge in [-0.25, -0.2) is 9.97 Å². The maximum Gasteiger partial charge on any atom is 0.131 e. The number of aromatic nitrogens is 3. The number of nitrogens with one attached hydrogen (secondary N) is 2. The van der Waals surface area contributed by atoms with Gasteiger partial charge >= 0.3 is 0 Å². The number of anilines is 2. The predicted octanol–water partition coefficient (Wildman–Crippen LogP) is 2.61. The van der Waals surface area contributed by atoms with Gasteiger partial charge in [-0.2, -0.15) is 0 Å². The Bertz CT molecular complexity index is 527. The number of nitrogens with zero attached hydrogens (tertiary/aromatic N) is 3. The van der Waals surface area contributed by atoms with Gasteiger partial charge < -0.3 is 10.6 Å². The van der Waals surface area contributed by atoms with E-state index in [1.165, 1.54) is 5.56 Å². The van der Waals surface area contributed by atoms with Crippen LogP contribution in [0.15, 0.2) is 30.7 Å². The fraction of sp³-hybridized carbons (Fsp3) is 0.357. The first-order valence-electron chi connectivity index (χ1n) is 6.50. The van der Waals surface area contributed by atoms with Crippen LogP contribution in [0.1, 0.15) is 24.6 Å². The summed E-state index contributed by atoms with van der Waals surface area (Å²) < 4.78 is 0. The molecule has 0 atom stereocenters. The molecule has 0 aliphatic rings. The molecule has 2 aromatic heterocycles. The summed E-state index contributed by atoms with van der Waals surface area (Å²) >= 11 is 0. The third kappa shape index (κ3) is 3.91. The fourth-order valence-corrected chi connectivity index (χ4v) is 1.68. The average molecular weight is 257 g/mol. The Labute approximate surface area is 113 Å². The third-order valence-electron chi connectivity index (χ3n) is 2.78. The Morgan fingerprint density at radius 2 is 1.89 bits per heavy atom. The van der Waals surface area contributed by atoms with Crippen LogP contribution >= 0.6 is 0 Å². The molecule has 0 radical (unpaired) electrons. The van der Waals surface area contributed by atoms with Gasteiger partial charge in [0.15, 0.2) is 0 Å². The first-order valence-corrected chi connectivity index (χ1v) is 6.50. The summed E-state index contributed by atoms with van der Waals surface area (Å²) in [6.45, 7) is 5.75. The first kappa shape index (κ1) is 13.3. The van der Waals surface area contributed by atoms with Crippen LogP contribution in [0.25, 0.3) is 0 Å². The maximum atomic E-state index is 4.34. The third-order valence-corrected chi connectivity index (χ3v) is 2.78. The number of hydrogen-bond acceptors (Lipinski definition) is 5. The summed E-state index contributed by atoms with van der Waals surface area (Å²) in [5, 5.41) is 6.50. The normalized spacial score (nSPS) is 10.2. The van der Waals surface area contributed by atoms with Gasteiger partial charge in [0.25, 0.3) is 0 Å². The molecular weight excluding hydrogens is 238 g/mol. The molecule has 0 bridgehead atoms. The van der Waals surface area contributed by atoms with Crippen molar-refractivity contribution in [2.24, 2.45) is 0 Å². The SMILES string of the molecule is CCCNc1cc(NCc2ncccc2C)ncn1. The second-order valence-corrected chi connectivity index (χ2v) is 4.34. The lowest BCUT2D eigenvalue weighted by Crippen LogP contribution is -2.07. The molecule has 2 rings (SSSR count). The molecule has 19 heavy (non-hydrogen) atoms. The van der Waals surface area contributed by atoms with Crippen LogP contribution in [0.3, 0.4) is 0 Å². The van der Waals surface area contributed by atoms with Crippen LogP contribution < -0.4 is 10.6 Å². The zero-order chi connectivity index (χ0) is 13.5. The number of hydrogen-bond donors (Lipinski definition) is 2. The highest BCUT2D eigenvalue weighted by atomic mass is 15.1. The summed E-state index contributed by atoms with van der Waals surface area (Å²) in [6, 6.07) is 5.91. The minimum Gasteiger partial charge on any atom is -0.370 e. The van der Waals surface area contributed by atoms with Crippen LogP contribution in [0.4, 0.5) is 11.6 Å². The van der Waals surface area contributed by atoms with Crippen molar-refractivity contribution in [3.63, 3.8) is 0 Å². The van der Waals surface area contributed by atoms with Crippen molar-refractivity contribution in [1.82, 2.24) is 15.0 Å². The molecule has 2 aromatic rings. The molecule has 0 fully saturated rings. The maximum absolute atomic E-state index is 4.34. The second-order valence-electron chi connectivity index (χ2n) is 4.34. The molecule has 0 aromatic carbocycles. The topological polar surface area (TPSA) is 62.7 Å². The van der Waals surface area contributed by atoms with Gasteiger partial charge in [-0.1, -0.05) is 13.0 Å². The van der Waals surface area contributed by atoms with Crippen molar-refractivity contribution in [3.05, 3.63) is 42.0 Å². The molecule has 2 heterocycles. The Morgan fingerprint density at radius 3 is 2.63 bits per heavy atom. The smallest absolute Gasteiger partial charge is 0.131 e. The molecule has 0 spiro atoms. The molecule has 2 N–H and O–H groups in total. The van der Waals surface area contributed by atoms with Crippen molar-refractivity contribution in [3.8, 4) is 0 Å². The van der Waals surface area contributed by atoms with E-state index in [0.717, 1.165) is 30.3 Å². The summed E-state index contributed by atoms with van der Waals surface area (Å²) in [5.74, 6) is 1.65. The van der Waals surface area contributed by atoms with Crippen molar-refractivity contribution >= 4 is 11.6 Å². The Morgan fingerprint density at radius 1 is 1.11 bits per heavy atom. The van der Waals surface area contributed by atoms with Crippen LogP contribution in [0.5, 0.6) is 0 Å². The zero-order valence-electron chi connectivity index (χ0n) is 11.3. The minimum absolute atomic E-state index is 0.664. The lowest BCUT2D eigenvalue weighted by atomic mass is 10.2. The van der Waals surface area contributed by atoms with Crippen LogP contribution in [0, 0.1) is 6.92 Å². The van der Waals surface area contributed by atoms with Gasteiger partial charge in [0.05, 0.1) is 12.2 Å². The van der Waals surface area contributed by atoms with E-state index in [1.54, 1.807) is 12.5 Å². The Kier molecular flexibility index (Phi) is 4.66. The first-order chi connectivity index (χ1) is 9.29. The average Bonchev–Trinajstić information content (AvgIpc) is 2.45. The molecule has 0 saturated carbocycles. The minimum atomic E-state index is 0.664. The van der Waals surface area contributed by atoms with Crippen molar-refractivity contribution < 1.29 is 0 Å². The highest BCUT2D eigenvalue weighted by Gasteiger charge is 2.01.